The van der Waals surface area contributed by atoms with Crippen molar-refractivity contribution in [3.63, 3.8) is 0 Å². The van der Waals surface area contributed by atoms with Crippen LogP contribution in [0.2, 0.25) is 0 Å². The number of halogens is 2. The van der Waals surface area contributed by atoms with Crippen LogP contribution < -0.4 is 0 Å². The Labute approximate surface area is 244 Å². The lowest BCUT2D eigenvalue weighted by Gasteiger charge is -2.35. The van der Waals surface area contributed by atoms with E-state index < -0.39 is 18.0 Å². The third-order valence-electron chi connectivity index (χ3n) is 6.77. The van der Waals surface area contributed by atoms with Gasteiger partial charge in [0.2, 0.25) is 0 Å². The number of carbonyl (C=O) groups is 2. The van der Waals surface area contributed by atoms with E-state index in [0.717, 1.165) is 62.4 Å². The normalized spacial score (nSPS) is 14.9. The molecule has 1 heterocycles. The summed E-state index contributed by atoms with van der Waals surface area (Å²) in [6, 6.07) is 22.3. The highest BCUT2D eigenvalue weighted by atomic mass is 19.1. The smallest absolute Gasteiger partial charge is 0.328 e. The van der Waals surface area contributed by atoms with Crippen LogP contribution >= 0.6 is 0 Å². The SMILES string of the molecule is O=C(O)/C=C/C(=O)O.O[C@@H](CCN1CCN(CCOC(c2ccc(F)cc2)c2ccc(F)cc2)CC1)c1ccccc1. The second-order valence-electron chi connectivity index (χ2n) is 9.76. The summed E-state index contributed by atoms with van der Waals surface area (Å²) >= 11 is 0. The molecule has 0 spiro atoms. The Kier molecular flexibility index (Phi) is 13.3. The molecule has 224 valence electrons. The molecule has 0 saturated carbocycles. The summed E-state index contributed by atoms with van der Waals surface area (Å²) in [5.74, 6) is -3.11. The minimum atomic E-state index is -1.26. The molecule has 1 atom stereocenters. The van der Waals surface area contributed by atoms with Crippen molar-refractivity contribution < 1.29 is 38.4 Å². The highest BCUT2D eigenvalue weighted by Crippen LogP contribution is 2.26. The first kappa shape index (κ1) is 32.6. The molecule has 4 rings (SSSR count). The van der Waals surface area contributed by atoms with Gasteiger partial charge < -0.3 is 25.0 Å². The van der Waals surface area contributed by atoms with Crippen LogP contribution in [0.25, 0.3) is 0 Å². The zero-order valence-electron chi connectivity index (χ0n) is 23.2. The van der Waals surface area contributed by atoms with Gasteiger partial charge in [0.25, 0.3) is 0 Å². The van der Waals surface area contributed by atoms with Crippen LogP contribution in [-0.4, -0.2) is 82.9 Å². The maximum absolute atomic E-state index is 13.4. The van der Waals surface area contributed by atoms with Crippen LogP contribution in [0.4, 0.5) is 8.78 Å². The first-order valence-corrected chi connectivity index (χ1v) is 13.7. The summed E-state index contributed by atoms with van der Waals surface area (Å²) < 4.78 is 33.0. The van der Waals surface area contributed by atoms with Crippen molar-refractivity contribution in [1.82, 2.24) is 9.80 Å². The molecule has 8 nitrogen and oxygen atoms in total. The van der Waals surface area contributed by atoms with E-state index in [2.05, 4.69) is 9.80 Å². The van der Waals surface area contributed by atoms with E-state index in [1.165, 1.54) is 24.3 Å². The number of carboxylic acid groups (broad SMARTS) is 2. The Balaban J connectivity index is 0.000000531. The van der Waals surface area contributed by atoms with E-state index >= 15 is 0 Å². The number of piperazine rings is 1. The summed E-state index contributed by atoms with van der Waals surface area (Å²) in [6.45, 7) is 6.00. The van der Waals surface area contributed by atoms with E-state index in [0.29, 0.717) is 18.8 Å². The minimum Gasteiger partial charge on any atom is -0.478 e. The van der Waals surface area contributed by atoms with Crippen LogP contribution in [0.1, 0.15) is 35.3 Å². The Hall–Kier alpha value is -3.96. The molecule has 0 aromatic heterocycles. The molecule has 42 heavy (non-hydrogen) atoms. The highest BCUT2D eigenvalue weighted by molar-refractivity contribution is 5.89. The predicted octanol–water partition coefficient (Wildman–Crippen LogP) is 4.52. The Morgan fingerprint density at radius 1 is 0.714 bits per heavy atom. The van der Waals surface area contributed by atoms with Crippen molar-refractivity contribution in [1.29, 1.82) is 0 Å². The fourth-order valence-corrected chi connectivity index (χ4v) is 4.49. The summed E-state index contributed by atoms with van der Waals surface area (Å²) in [4.78, 5) is 23.9. The number of nitrogens with zero attached hydrogens (tertiary/aromatic N) is 2. The van der Waals surface area contributed by atoms with E-state index in [4.69, 9.17) is 14.9 Å². The highest BCUT2D eigenvalue weighted by Gasteiger charge is 2.20. The summed E-state index contributed by atoms with van der Waals surface area (Å²) in [7, 11) is 0. The van der Waals surface area contributed by atoms with Gasteiger partial charge in [0.05, 0.1) is 12.7 Å². The molecule has 0 unspecified atom stereocenters. The number of rotatable bonds is 12. The molecule has 10 heteroatoms. The zero-order valence-corrected chi connectivity index (χ0v) is 23.2. The monoisotopic (exact) mass is 582 g/mol. The molecule has 1 saturated heterocycles. The molecule has 0 bridgehead atoms. The molecule has 1 fully saturated rings. The summed E-state index contributed by atoms with van der Waals surface area (Å²) in [5, 5.41) is 26.0. The third kappa shape index (κ3) is 11.5. The molecule has 0 amide bonds. The third-order valence-corrected chi connectivity index (χ3v) is 6.77. The summed E-state index contributed by atoms with van der Waals surface area (Å²) in [6.07, 6.45) is 1.04. The fourth-order valence-electron chi connectivity index (χ4n) is 4.49. The van der Waals surface area contributed by atoms with Gasteiger partial charge in [0.15, 0.2) is 0 Å². The van der Waals surface area contributed by atoms with Gasteiger partial charge in [-0.25, -0.2) is 18.4 Å². The number of ether oxygens (including phenoxy) is 1. The molecule has 3 N–H and O–H groups in total. The van der Waals surface area contributed by atoms with Crippen molar-refractivity contribution in [2.24, 2.45) is 0 Å². The number of hydrogen-bond acceptors (Lipinski definition) is 6. The lowest BCUT2D eigenvalue weighted by atomic mass is 10.0. The Morgan fingerprint density at radius 3 is 1.62 bits per heavy atom. The molecule has 3 aromatic rings. The van der Waals surface area contributed by atoms with Crippen molar-refractivity contribution in [3.05, 3.63) is 119 Å². The largest absolute Gasteiger partial charge is 0.478 e. The topological polar surface area (TPSA) is 111 Å². The Bertz CT molecular complexity index is 1200. The van der Waals surface area contributed by atoms with Crippen molar-refractivity contribution in [2.45, 2.75) is 18.6 Å². The first-order chi connectivity index (χ1) is 20.2. The minimum absolute atomic E-state index is 0.296. The average Bonchev–Trinajstić information content (AvgIpc) is 3.00. The van der Waals surface area contributed by atoms with Gasteiger partial charge in [0.1, 0.15) is 17.7 Å². The van der Waals surface area contributed by atoms with Gasteiger partial charge in [-0.05, 0) is 47.4 Å². The van der Waals surface area contributed by atoms with Crippen molar-refractivity contribution in [2.75, 3.05) is 45.9 Å². The Morgan fingerprint density at radius 2 is 1.17 bits per heavy atom. The maximum atomic E-state index is 13.4. The number of aliphatic hydroxyl groups is 1. The first-order valence-electron chi connectivity index (χ1n) is 13.7. The molecular weight excluding hydrogens is 546 g/mol. The van der Waals surface area contributed by atoms with Gasteiger partial charge in [-0.3, -0.25) is 4.90 Å². The zero-order chi connectivity index (χ0) is 30.3. The molecule has 3 aromatic carbocycles. The second-order valence-corrected chi connectivity index (χ2v) is 9.76. The molecule has 1 aliphatic rings. The van der Waals surface area contributed by atoms with Crippen LogP contribution in [0.15, 0.2) is 91.0 Å². The van der Waals surface area contributed by atoms with Crippen LogP contribution in [-0.2, 0) is 14.3 Å². The number of hydrogen-bond donors (Lipinski definition) is 3. The van der Waals surface area contributed by atoms with Gasteiger partial charge in [-0.2, -0.15) is 0 Å². The molecule has 0 aliphatic carbocycles. The van der Waals surface area contributed by atoms with Gasteiger partial charge in [0, 0.05) is 51.4 Å². The molecule has 0 radical (unpaired) electrons. The lowest BCUT2D eigenvalue weighted by Crippen LogP contribution is -2.47. The number of benzene rings is 3. The van der Waals surface area contributed by atoms with Crippen molar-refractivity contribution in [3.8, 4) is 0 Å². The summed E-state index contributed by atoms with van der Waals surface area (Å²) in [5.41, 5.74) is 2.65. The van der Waals surface area contributed by atoms with Crippen molar-refractivity contribution >= 4 is 11.9 Å². The van der Waals surface area contributed by atoms with Crippen LogP contribution in [0.5, 0.6) is 0 Å². The quantitative estimate of drug-likeness (QED) is 0.268. The van der Waals surface area contributed by atoms with Gasteiger partial charge >= 0.3 is 11.9 Å². The van der Waals surface area contributed by atoms with Crippen LogP contribution in [0.3, 0.4) is 0 Å². The van der Waals surface area contributed by atoms with Gasteiger partial charge in [-0.1, -0.05) is 54.6 Å². The van der Waals surface area contributed by atoms with E-state index in [1.54, 1.807) is 24.3 Å². The lowest BCUT2D eigenvalue weighted by molar-refractivity contribution is -0.134. The number of aliphatic hydroxyl groups excluding tert-OH is 1. The maximum Gasteiger partial charge on any atom is 0.328 e. The average molecular weight is 583 g/mol. The van der Waals surface area contributed by atoms with Gasteiger partial charge in [-0.15, -0.1) is 0 Å². The van der Waals surface area contributed by atoms with E-state index in [-0.39, 0.29) is 17.7 Å². The second kappa shape index (κ2) is 17.1. The standard InChI is InChI=1S/C28H32F2N2O2.C4H4O4/c29-25-10-6-23(7-11-25)28(24-8-12-26(30)13-9-24)34-21-20-32-18-16-31(17-19-32)15-14-27(33)22-4-2-1-3-5-22;5-3(6)1-2-4(7)8/h1-13,27-28,33H,14-21H2;1-2H,(H,5,6)(H,7,8)/b;2-1+/t27-;/m0./s1. The number of carboxylic acids is 2. The molecular formula is C32H36F2N2O6. The van der Waals surface area contributed by atoms with E-state index in [9.17, 15) is 23.5 Å². The van der Waals surface area contributed by atoms with Crippen LogP contribution in [0, 0.1) is 11.6 Å². The molecule has 1 aliphatic heterocycles. The number of aliphatic carboxylic acids is 2. The predicted molar refractivity (Wildman–Crippen MR) is 154 cm³/mol. The van der Waals surface area contributed by atoms with E-state index in [1.807, 2.05) is 30.3 Å². The fraction of sp³-hybridized carbons (Fsp3) is 0.312.